The summed E-state index contributed by atoms with van der Waals surface area (Å²) in [6.45, 7) is -0.221. The summed E-state index contributed by atoms with van der Waals surface area (Å²) in [7, 11) is 0. The van der Waals surface area contributed by atoms with Crippen molar-refractivity contribution in [3.8, 4) is 6.01 Å². The molecule has 2 aliphatic heterocycles. The average molecular weight is 539 g/mol. The number of halogens is 3. The number of nitrogens with one attached hydrogen (secondary N) is 1. The van der Waals surface area contributed by atoms with E-state index < -0.39 is 36.5 Å². The Morgan fingerprint density at radius 2 is 1.63 bits per heavy atom. The van der Waals surface area contributed by atoms with E-state index in [9.17, 15) is 9.59 Å². The van der Waals surface area contributed by atoms with Crippen LogP contribution in [0.1, 0.15) is 26.9 Å². The van der Waals surface area contributed by atoms with Crippen LogP contribution in [0.15, 0.2) is 60.8 Å². The Labute approximate surface area is 215 Å². The zero-order valence-corrected chi connectivity index (χ0v) is 20.1. The standard InChI is InChI=1S/C23H17Cl2N3O6.ClH/c24-14-7-3-1-5-12(14)21(29)31-11-16-18(33-22(30)13-6-2-4-8-15(13)25)19-20(32-16)28-10-9-17(26)27-23(28)34-19;/h1-10,16,18-20,26H,11H2;1H/t16-,18-,19-,20-;/m1./s1. The van der Waals surface area contributed by atoms with Gasteiger partial charge < -0.3 is 18.9 Å². The highest BCUT2D eigenvalue weighted by Crippen LogP contribution is 2.40. The van der Waals surface area contributed by atoms with Gasteiger partial charge in [0.2, 0.25) is 0 Å². The summed E-state index contributed by atoms with van der Waals surface area (Å²) in [5.41, 5.74) is 0.394. The topological polar surface area (TPSA) is 113 Å². The van der Waals surface area contributed by atoms with Crippen LogP contribution in [-0.4, -0.2) is 46.4 Å². The van der Waals surface area contributed by atoms with Crippen LogP contribution in [0.25, 0.3) is 0 Å². The van der Waals surface area contributed by atoms with Gasteiger partial charge >= 0.3 is 17.9 Å². The van der Waals surface area contributed by atoms with Gasteiger partial charge in [-0.25, -0.2) is 9.59 Å². The molecule has 1 aromatic heterocycles. The van der Waals surface area contributed by atoms with Crippen LogP contribution in [0.5, 0.6) is 6.01 Å². The maximum atomic E-state index is 12.9. The molecule has 4 atom stereocenters. The van der Waals surface area contributed by atoms with Crippen LogP contribution in [0.2, 0.25) is 10.0 Å². The van der Waals surface area contributed by atoms with E-state index in [0.29, 0.717) is 0 Å². The second-order valence-electron chi connectivity index (χ2n) is 7.58. The zero-order chi connectivity index (χ0) is 23.8. The summed E-state index contributed by atoms with van der Waals surface area (Å²) in [4.78, 5) is 29.5. The molecule has 2 aliphatic rings. The molecular weight excluding hydrogens is 521 g/mol. The molecule has 1 saturated heterocycles. The second kappa shape index (κ2) is 10.2. The minimum atomic E-state index is -0.955. The van der Waals surface area contributed by atoms with Crippen LogP contribution in [0.3, 0.4) is 0 Å². The molecule has 0 unspecified atom stereocenters. The van der Waals surface area contributed by atoms with Gasteiger partial charge in [0, 0.05) is 6.20 Å². The van der Waals surface area contributed by atoms with Gasteiger partial charge in [0.05, 0.1) is 21.2 Å². The summed E-state index contributed by atoms with van der Waals surface area (Å²) in [5.74, 6) is -1.32. The molecule has 182 valence electrons. The summed E-state index contributed by atoms with van der Waals surface area (Å²) in [6, 6.07) is 14.6. The van der Waals surface area contributed by atoms with Gasteiger partial charge in [-0.1, -0.05) is 47.5 Å². The number of nitrogens with zero attached hydrogens (tertiary/aromatic N) is 2. The van der Waals surface area contributed by atoms with E-state index in [-0.39, 0.29) is 51.7 Å². The van der Waals surface area contributed by atoms with Gasteiger partial charge in [0.1, 0.15) is 12.7 Å². The van der Waals surface area contributed by atoms with Crippen molar-refractivity contribution < 1.29 is 28.5 Å². The molecule has 0 radical (unpaired) electrons. The summed E-state index contributed by atoms with van der Waals surface area (Å²) < 4.78 is 24.7. The highest BCUT2D eigenvalue weighted by Gasteiger charge is 2.54. The lowest BCUT2D eigenvalue weighted by atomic mass is 10.1. The van der Waals surface area contributed by atoms with Crippen LogP contribution in [0.4, 0.5) is 0 Å². The monoisotopic (exact) mass is 537 g/mol. The third kappa shape index (κ3) is 4.85. The molecule has 1 N–H and O–H groups in total. The lowest BCUT2D eigenvalue weighted by Gasteiger charge is -2.22. The summed E-state index contributed by atoms with van der Waals surface area (Å²) >= 11 is 12.2. The zero-order valence-electron chi connectivity index (χ0n) is 17.8. The Balaban J connectivity index is 0.00000289. The molecule has 0 bridgehead atoms. The van der Waals surface area contributed by atoms with Crippen LogP contribution >= 0.6 is 35.6 Å². The van der Waals surface area contributed by atoms with Crippen LogP contribution in [0, 0.1) is 5.41 Å². The van der Waals surface area contributed by atoms with Crippen molar-refractivity contribution in [2.75, 3.05) is 6.61 Å². The number of aromatic nitrogens is 2. The smallest absolute Gasteiger partial charge is 0.340 e. The first-order valence-electron chi connectivity index (χ1n) is 10.3. The lowest BCUT2D eigenvalue weighted by Crippen LogP contribution is -2.40. The number of hydrogen-bond acceptors (Lipinski definition) is 8. The fourth-order valence-electron chi connectivity index (χ4n) is 3.83. The van der Waals surface area contributed by atoms with Gasteiger partial charge in [-0.3, -0.25) is 9.98 Å². The molecule has 0 aliphatic carbocycles. The Morgan fingerprint density at radius 1 is 1.00 bits per heavy atom. The minimum Gasteiger partial charge on any atom is -0.459 e. The molecule has 3 heterocycles. The number of benzene rings is 2. The fraction of sp³-hybridized carbons (Fsp3) is 0.217. The number of esters is 2. The molecule has 5 rings (SSSR count). The highest BCUT2D eigenvalue weighted by molar-refractivity contribution is 6.34. The van der Waals surface area contributed by atoms with Gasteiger partial charge in [-0.05, 0) is 30.3 Å². The van der Waals surface area contributed by atoms with Gasteiger partial charge in [-0.2, -0.15) is 4.98 Å². The number of hydrogen-bond donors (Lipinski definition) is 1. The lowest BCUT2D eigenvalue weighted by molar-refractivity contribution is -0.0574. The first kappa shape index (κ1) is 25.0. The van der Waals surface area contributed by atoms with Crippen molar-refractivity contribution in [2.24, 2.45) is 0 Å². The molecule has 0 saturated carbocycles. The predicted octanol–water partition coefficient (Wildman–Crippen LogP) is 3.83. The van der Waals surface area contributed by atoms with Crippen LogP contribution < -0.4 is 10.2 Å². The van der Waals surface area contributed by atoms with Crippen molar-refractivity contribution in [3.63, 3.8) is 0 Å². The van der Waals surface area contributed by atoms with Crippen LogP contribution in [-0.2, 0) is 14.2 Å². The number of carbonyl (C=O) groups is 2. The van der Waals surface area contributed by atoms with Crippen molar-refractivity contribution in [2.45, 2.75) is 24.5 Å². The maximum Gasteiger partial charge on any atom is 0.340 e. The van der Waals surface area contributed by atoms with E-state index in [2.05, 4.69) is 4.98 Å². The number of rotatable bonds is 5. The normalized spacial score (nSPS) is 21.8. The molecule has 12 heteroatoms. The SMILES string of the molecule is Cl.N=c1ccn2c(n1)O[C@@H]1[C@H](OC(=O)c3ccccc3Cl)[C@@H](COC(=O)c3ccccc3Cl)O[C@H]12. The van der Waals surface area contributed by atoms with Gasteiger partial charge in [0.25, 0.3) is 0 Å². The summed E-state index contributed by atoms with van der Waals surface area (Å²) in [6.07, 6.45) is -1.67. The van der Waals surface area contributed by atoms with E-state index in [4.69, 9.17) is 47.6 Å². The molecule has 35 heavy (non-hydrogen) atoms. The second-order valence-corrected chi connectivity index (χ2v) is 8.39. The first-order chi connectivity index (χ1) is 16.4. The Kier molecular flexibility index (Phi) is 7.32. The number of ether oxygens (including phenoxy) is 4. The largest absolute Gasteiger partial charge is 0.459 e. The Morgan fingerprint density at radius 3 is 2.29 bits per heavy atom. The predicted molar refractivity (Wildman–Crippen MR) is 126 cm³/mol. The number of fused-ring (bicyclic) bond motifs is 3. The third-order valence-corrected chi connectivity index (χ3v) is 6.10. The fourth-order valence-corrected chi connectivity index (χ4v) is 4.25. The van der Waals surface area contributed by atoms with E-state index in [0.717, 1.165) is 0 Å². The van der Waals surface area contributed by atoms with Crippen molar-refractivity contribution >= 4 is 47.5 Å². The average Bonchev–Trinajstić information content (AvgIpc) is 3.33. The molecule has 0 spiro atoms. The Bertz CT molecular complexity index is 1330. The van der Waals surface area contributed by atoms with E-state index in [1.165, 1.54) is 12.1 Å². The quantitative estimate of drug-likeness (QED) is 0.491. The molecule has 3 aromatic rings. The summed E-state index contributed by atoms with van der Waals surface area (Å²) in [5, 5.41) is 8.19. The molecular formula is C23H18Cl3N3O6. The van der Waals surface area contributed by atoms with Crippen molar-refractivity contribution in [3.05, 3.63) is 87.5 Å². The number of carbonyl (C=O) groups excluding carboxylic acids is 2. The van der Waals surface area contributed by atoms with Crippen molar-refractivity contribution in [1.29, 1.82) is 5.41 Å². The third-order valence-electron chi connectivity index (χ3n) is 5.44. The molecule has 2 aromatic carbocycles. The van der Waals surface area contributed by atoms with E-state index >= 15 is 0 Å². The maximum absolute atomic E-state index is 12.9. The minimum absolute atomic E-state index is 0. The molecule has 1 fully saturated rings. The van der Waals surface area contributed by atoms with Gasteiger partial charge in [0.15, 0.2) is 23.9 Å². The molecule has 0 amide bonds. The Hall–Kier alpha value is -3.11. The van der Waals surface area contributed by atoms with Crippen molar-refractivity contribution in [1.82, 2.24) is 9.55 Å². The van der Waals surface area contributed by atoms with E-state index in [1.54, 1.807) is 53.2 Å². The first-order valence-corrected chi connectivity index (χ1v) is 11.0. The molecule has 9 nitrogen and oxygen atoms in total. The highest BCUT2D eigenvalue weighted by atomic mass is 35.5. The van der Waals surface area contributed by atoms with Gasteiger partial charge in [-0.15, -0.1) is 12.4 Å². The van der Waals surface area contributed by atoms with E-state index in [1.807, 2.05) is 0 Å².